The van der Waals surface area contributed by atoms with Crippen molar-refractivity contribution in [1.82, 2.24) is 4.90 Å². The quantitative estimate of drug-likeness (QED) is 0.726. The van der Waals surface area contributed by atoms with Gasteiger partial charge < -0.3 is 9.47 Å². The Morgan fingerprint density at radius 3 is 2.06 bits per heavy atom. The van der Waals surface area contributed by atoms with Gasteiger partial charge in [0.15, 0.2) is 0 Å². The summed E-state index contributed by atoms with van der Waals surface area (Å²) in [4.78, 5) is 2.41. The highest BCUT2D eigenvalue weighted by molar-refractivity contribution is 4.94. The molecule has 2 atom stereocenters. The van der Waals surface area contributed by atoms with E-state index in [0.717, 1.165) is 13.0 Å². The molecule has 1 fully saturated rings. The van der Waals surface area contributed by atoms with Crippen molar-refractivity contribution in [3.8, 4) is 0 Å². The van der Waals surface area contributed by atoms with Gasteiger partial charge in [-0.3, -0.25) is 4.90 Å². The number of rotatable bonds is 2. The predicted octanol–water partition coefficient (Wildman–Crippen LogP) is 2.50. The number of hydrogen-bond donors (Lipinski definition) is 0. The van der Waals surface area contributed by atoms with E-state index in [1.165, 1.54) is 0 Å². The van der Waals surface area contributed by atoms with Crippen LogP contribution in [-0.4, -0.2) is 43.5 Å². The van der Waals surface area contributed by atoms with Crippen LogP contribution >= 0.6 is 0 Å². The molecule has 3 heteroatoms. The van der Waals surface area contributed by atoms with Gasteiger partial charge in [-0.25, -0.2) is 0 Å². The second kappa shape index (κ2) is 4.63. The minimum absolute atomic E-state index is 0.106. The van der Waals surface area contributed by atoms with Crippen molar-refractivity contribution < 1.29 is 9.47 Å². The van der Waals surface area contributed by atoms with Crippen molar-refractivity contribution in [1.29, 1.82) is 0 Å². The maximum atomic E-state index is 5.71. The number of piperidine rings is 1. The van der Waals surface area contributed by atoms with Gasteiger partial charge in [-0.15, -0.1) is 0 Å². The Bertz CT molecular complexity index is 233. The Balaban J connectivity index is 2.94. The first-order valence-electron chi connectivity index (χ1n) is 6.04. The zero-order valence-electron chi connectivity index (χ0n) is 11.8. The van der Waals surface area contributed by atoms with Crippen LogP contribution in [0.2, 0.25) is 0 Å². The highest BCUT2D eigenvalue weighted by atomic mass is 16.5. The lowest BCUT2D eigenvalue weighted by Crippen LogP contribution is -2.61. The second-order valence-electron chi connectivity index (χ2n) is 6.46. The molecular weight excluding hydrogens is 202 g/mol. The maximum Gasteiger partial charge on any atom is 0.115 e. The van der Waals surface area contributed by atoms with E-state index in [1.54, 1.807) is 14.2 Å². The molecule has 0 aromatic rings. The van der Waals surface area contributed by atoms with E-state index in [1.807, 2.05) is 0 Å². The van der Waals surface area contributed by atoms with Gasteiger partial charge in [-0.05, 0) is 27.2 Å². The monoisotopic (exact) mass is 229 g/mol. The lowest BCUT2D eigenvalue weighted by Gasteiger charge is -2.53. The van der Waals surface area contributed by atoms with Crippen molar-refractivity contribution in [2.45, 2.75) is 58.9 Å². The Morgan fingerprint density at radius 1 is 1.12 bits per heavy atom. The molecule has 0 saturated carbocycles. The summed E-state index contributed by atoms with van der Waals surface area (Å²) in [5.74, 6) is 0. The van der Waals surface area contributed by atoms with Gasteiger partial charge in [0, 0.05) is 31.7 Å². The van der Waals surface area contributed by atoms with E-state index in [-0.39, 0.29) is 17.2 Å². The third-order valence-corrected chi connectivity index (χ3v) is 3.52. The summed E-state index contributed by atoms with van der Waals surface area (Å²) in [5.41, 5.74) is 0.232. The van der Waals surface area contributed by atoms with Gasteiger partial charge in [0.05, 0.1) is 6.10 Å². The van der Waals surface area contributed by atoms with Gasteiger partial charge in [0.1, 0.15) is 6.23 Å². The Kier molecular flexibility index (Phi) is 4.04. The van der Waals surface area contributed by atoms with Crippen LogP contribution in [-0.2, 0) is 9.47 Å². The van der Waals surface area contributed by atoms with Gasteiger partial charge in [-0.2, -0.15) is 0 Å². The summed E-state index contributed by atoms with van der Waals surface area (Å²) in [7, 11) is 3.60. The summed E-state index contributed by atoms with van der Waals surface area (Å²) in [6.45, 7) is 12.1. The Morgan fingerprint density at radius 2 is 1.69 bits per heavy atom. The van der Waals surface area contributed by atoms with Crippen LogP contribution in [0.4, 0.5) is 0 Å². The van der Waals surface area contributed by atoms with E-state index in [2.05, 4.69) is 39.5 Å². The molecule has 0 aromatic carbocycles. The van der Waals surface area contributed by atoms with Gasteiger partial charge in [-0.1, -0.05) is 13.8 Å². The lowest BCUT2D eigenvalue weighted by atomic mass is 9.78. The normalized spacial score (nSPS) is 31.7. The van der Waals surface area contributed by atoms with Crippen molar-refractivity contribution in [3.63, 3.8) is 0 Å². The molecule has 0 bridgehead atoms. The van der Waals surface area contributed by atoms with E-state index in [4.69, 9.17) is 9.47 Å². The molecular formula is C13H27NO2. The minimum atomic E-state index is 0.106. The smallest absolute Gasteiger partial charge is 0.115 e. The molecule has 0 unspecified atom stereocenters. The predicted molar refractivity (Wildman–Crippen MR) is 66.5 cm³/mol. The third-order valence-electron chi connectivity index (χ3n) is 3.52. The van der Waals surface area contributed by atoms with E-state index in [0.29, 0.717) is 6.10 Å². The van der Waals surface area contributed by atoms with Gasteiger partial charge in [0.25, 0.3) is 0 Å². The molecule has 1 rings (SSSR count). The zero-order valence-corrected chi connectivity index (χ0v) is 11.8. The SMILES string of the molecule is CO[C@H]1CN(C(C)(C)C)[C@H](OC)C(C)(C)C1. The minimum Gasteiger partial charge on any atom is -0.380 e. The number of nitrogens with zero attached hydrogens (tertiary/aromatic N) is 1. The highest BCUT2D eigenvalue weighted by Crippen LogP contribution is 2.39. The molecule has 0 aliphatic carbocycles. The topological polar surface area (TPSA) is 21.7 Å². The second-order valence-corrected chi connectivity index (χ2v) is 6.46. The number of likely N-dealkylation sites (tertiary alicyclic amines) is 1. The molecule has 0 aromatic heterocycles. The number of methoxy groups -OCH3 is 2. The molecule has 3 nitrogen and oxygen atoms in total. The maximum absolute atomic E-state index is 5.71. The largest absolute Gasteiger partial charge is 0.380 e. The number of hydrogen-bond acceptors (Lipinski definition) is 3. The summed E-state index contributed by atoms with van der Waals surface area (Å²) < 4.78 is 11.3. The first kappa shape index (κ1) is 13.9. The third kappa shape index (κ3) is 2.76. The van der Waals surface area contributed by atoms with Crippen LogP contribution in [0, 0.1) is 5.41 Å². The van der Waals surface area contributed by atoms with Crippen molar-refractivity contribution in [2.75, 3.05) is 20.8 Å². The first-order chi connectivity index (χ1) is 7.22. The molecule has 16 heavy (non-hydrogen) atoms. The van der Waals surface area contributed by atoms with E-state index < -0.39 is 0 Å². The van der Waals surface area contributed by atoms with Gasteiger partial charge in [0.2, 0.25) is 0 Å². The van der Waals surface area contributed by atoms with Crippen LogP contribution in [0.5, 0.6) is 0 Å². The molecule has 0 radical (unpaired) electrons. The van der Waals surface area contributed by atoms with Crippen LogP contribution in [0.25, 0.3) is 0 Å². The average Bonchev–Trinajstić information content (AvgIpc) is 2.13. The average molecular weight is 229 g/mol. The first-order valence-corrected chi connectivity index (χ1v) is 6.04. The van der Waals surface area contributed by atoms with Crippen molar-refractivity contribution in [3.05, 3.63) is 0 Å². The fourth-order valence-corrected chi connectivity index (χ4v) is 2.72. The molecule has 1 aliphatic heterocycles. The molecule has 0 amide bonds. The number of ether oxygens (including phenoxy) is 2. The zero-order chi connectivity index (χ0) is 12.6. The fraction of sp³-hybridized carbons (Fsp3) is 1.00. The molecule has 1 aliphatic rings. The van der Waals surface area contributed by atoms with Crippen LogP contribution in [0.1, 0.15) is 41.0 Å². The lowest BCUT2D eigenvalue weighted by molar-refractivity contribution is -0.190. The van der Waals surface area contributed by atoms with Crippen LogP contribution < -0.4 is 0 Å². The van der Waals surface area contributed by atoms with E-state index in [9.17, 15) is 0 Å². The van der Waals surface area contributed by atoms with Crippen molar-refractivity contribution in [2.24, 2.45) is 5.41 Å². The molecule has 0 N–H and O–H groups in total. The Labute approximate surface area is 100 Å². The fourth-order valence-electron chi connectivity index (χ4n) is 2.72. The summed E-state index contributed by atoms with van der Waals surface area (Å²) in [6, 6.07) is 0. The van der Waals surface area contributed by atoms with Gasteiger partial charge >= 0.3 is 0 Å². The molecule has 1 saturated heterocycles. The molecule has 96 valence electrons. The summed E-state index contributed by atoms with van der Waals surface area (Å²) in [5, 5.41) is 0. The summed E-state index contributed by atoms with van der Waals surface area (Å²) >= 11 is 0. The van der Waals surface area contributed by atoms with E-state index >= 15 is 0 Å². The Hall–Kier alpha value is -0.120. The highest BCUT2D eigenvalue weighted by Gasteiger charge is 2.45. The molecule has 0 spiro atoms. The summed E-state index contributed by atoms with van der Waals surface area (Å²) in [6.07, 6.45) is 1.52. The standard InChI is InChI=1S/C13H27NO2/c1-12(2,3)14-9-10(15-6)8-13(4,5)11(14)16-7/h10-11H,8-9H2,1-7H3/t10-,11-/m1/s1. The molecule has 1 heterocycles. The van der Waals surface area contributed by atoms with Crippen molar-refractivity contribution >= 4 is 0 Å². The van der Waals surface area contributed by atoms with Crippen LogP contribution in [0.3, 0.4) is 0 Å². The van der Waals surface area contributed by atoms with Crippen LogP contribution in [0.15, 0.2) is 0 Å².